The van der Waals surface area contributed by atoms with E-state index < -0.39 is 0 Å². The molecule has 0 aromatic carbocycles. The van der Waals surface area contributed by atoms with Crippen LogP contribution < -0.4 is 15.4 Å². The molecule has 0 atom stereocenters. The topological polar surface area (TPSA) is 59.1 Å². The fourth-order valence-corrected chi connectivity index (χ4v) is 2.30. The molecule has 0 aliphatic heterocycles. The number of nitrogens with one attached hydrogen (secondary N) is 2. The third kappa shape index (κ3) is 8.50. The summed E-state index contributed by atoms with van der Waals surface area (Å²) in [5.74, 6) is 1.30. The highest BCUT2D eigenvalue weighted by molar-refractivity contribution is 6.32. The summed E-state index contributed by atoms with van der Waals surface area (Å²) in [6.07, 6.45) is 9.18. The van der Waals surface area contributed by atoms with E-state index in [4.69, 9.17) is 27.9 Å². The van der Waals surface area contributed by atoms with Crippen molar-refractivity contribution in [2.45, 2.75) is 39.7 Å². The number of hydrogen-bond donors (Lipinski definition) is 2. The van der Waals surface area contributed by atoms with Crippen LogP contribution in [0.3, 0.4) is 0 Å². The minimum absolute atomic E-state index is 0.326. The number of hydrogen-bond acceptors (Lipinski definition) is 5. The number of nitrogens with zero attached hydrogens (tertiary/aromatic N) is 2. The Bertz CT molecular complexity index is 729. The van der Waals surface area contributed by atoms with Crippen molar-refractivity contribution in [3.05, 3.63) is 58.1 Å². The molecule has 1 aliphatic rings. The second-order valence-electron chi connectivity index (χ2n) is 6.04. The fourth-order valence-electron chi connectivity index (χ4n) is 2.03. The summed E-state index contributed by atoms with van der Waals surface area (Å²) >= 11 is 11.8. The Morgan fingerprint density at radius 2 is 1.96 bits per heavy atom. The van der Waals surface area contributed by atoms with Gasteiger partial charge in [-0.15, -0.1) is 0 Å². The van der Waals surface area contributed by atoms with E-state index in [1.54, 1.807) is 30.1 Å². The van der Waals surface area contributed by atoms with E-state index in [0.29, 0.717) is 22.4 Å². The minimum atomic E-state index is 0.326. The highest BCUT2D eigenvalue weighted by atomic mass is 35.5. The number of pyridine rings is 2. The molecule has 5 nitrogen and oxygen atoms in total. The zero-order valence-electron chi connectivity index (χ0n) is 15.8. The van der Waals surface area contributed by atoms with Crippen molar-refractivity contribution in [3.63, 3.8) is 0 Å². The minimum Gasteiger partial charge on any atom is -0.486 e. The van der Waals surface area contributed by atoms with Crippen molar-refractivity contribution in [1.82, 2.24) is 15.3 Å². The summed E-state index contributed by atoms with van der Waals surface area (Å²) in [7, 11) is 0. The Kier molecular flexibility index (Phi) is 9.22. The number of ether oxygens (including phenoxy) is 1. The summed E-state index contributed by atoms with van der Waals surface area (Å²) in [4.78, 5) is 8.29. The zero-order chi connectivity index (χ0) is 19.5. The van der Waals surface area contributed by atoms with Gasteiger partial charge in [-0.1, -0.05) is 35.7 Å². The molecule has 27 heavy (non-hydrogen) atoms. The van der Waals surface area contributed by atoms with Crippen molar-refractivity contribution in [2.24, 2.45) is 0 Å². The van der Waals surface area contributed by atoms with Gasteiger partial charge in [-0.25, -0.2) is 4.98 Å². The monoisotopic (exact) mass is 408 g/mol. The summed E-state index contributed by atoms with van der Waals surface area (Å²) in [6, 6.07) is 5.34. The molecule has 3 rings (SSSR count). The van der Waals surface area contributed by atoms with Gasteiger partial charge in [-0.2, -0.15) is 0 Å². The number of rotatable bonds is 8. The fraction of sp³-hybridized carbons (Fsp3) is 0.400. The van der Waals surface area contributed by atoms with Gasteiger partial charge in [0, 0.05) is 25.4 Å². The van der Waals surface area contributed by atoms with Crippen LogP contribution in [0.4, 0.5) is 5.82 Å². The maximum atomic E-state index is 6.03. The largest absolute Gasteiger partial charge is 0.486 e. The number of allylic oxidation sites excluding steroid dienone is 1. The van der Waals surface area contributed by atoms with Crippen molar-refractivity contribution in [1.29, 1.82) is 0 Å². The van der Waals surface area contributed by atoms with Crippen LogP contribution in [0, 0.1) is 0 Å². The molecule has 0 bridgehead atoms. The summed E-state index contributed by atoms with van der Waals surface area (Å²) in [6.45, 7) is 6.41. The highest BCUT2D eigenvalue weighted by Crippen LogP contribution is 2.27. The Hall–Kier alpha value is -1.98. The van der Waals surface area contributed by atoms with E-state index in [1.807, 2.05) is 13.0 Å². The Morgan fingerprint density at radius 3 is 2.59 bits per heavy atom. The molecular weight excluding hydrogens is 383 g/mol. The van der Waals surface area contributed by atoms with Gasteiger partial charge in [-0.05, 0) is 44.5 Å². The lowest BCUT2D eigenvalue weighted by molar-refractivity contribution is 0.301. The SMILES string of the molecule is CCCNC=C1CC1.CCNc1cc(OCc2ccc(Cl)cn2)c(Cl)cn1. The molecule has 1 fully saturated rings. The van der Waals surface area contributed by atoms with Crippen LogP contribution in [0.15, 0.2) is 42.4 Å². The summed E-state index contributed by atoms with van der Waals surface area (Å²) in [5, 5.41) is 7.40. The Balaban J connectivity index is 0.000000273. The van der Waals surface area contributed by atoms with Gasteiger partial charge < -0.3 is 15.4 Å². The van der Waals surface area contributed by atoms with Crippen molar-refractivity contribution < 1.29 is 4.74 Å². The van der Waals surface area contributed by atoms with Gasteiger partial charge in [0.25, 0.3) is 0 Å². The maximum Gasteiger partial charge on any atom is 0.143 e. The van der Waals surface area contributed by atoms with E-state index in [9.17, 15) is 0 Å². The van der Waals surface area contributed by atoms with Gasteiger partial charge in [0.1, 0.15) is 23.2 Å². The van der Waals surface area contributed by atoms with Crippen LogP contribution in [0.5, 0.6) is 5.75 Å². The molecule has 0 amide bonds. The first-order valence-corrected chi connectivity index (χ1v) is 9.92. The van der Waals surface area contributed by atoms with Gasteiger partial charge in [0.15, 0.2) is 0 Å². The second kappa shape index (κ2) is 11.7. The Labute approximate surface area is 171 Å². The molecule has 2 heterocycles. The van der Waals surface area contributed by atoms with Crippen LogP contribution in [-0.4, -0.2) is 23.1 Å². The molecule has 1 saturated carbocycles. The average molecular weight is 409 g/mol. The van der Waals surface area contributed by atoms with E-state index >= 15 is 0 Å². The van der Waals surface area contributed by atoms with Crippen molar-refractivity contribution in [2.75, 3.05) is 18.4 Å². The zero-order valence-corrected chi connectivity index (χ0v) is 17.3. The summed E-state index contributed by atoms with van der Waals surface area (Å²) in [5.41, 5.74) is 2.36. The van der Waals surface area contributed by atoms with Gasteiger partial charge in [-0.3, -0.25) is 4.98 Å². The van der Waals surface area contributed by atoms with Crippen molar-refractivity contribution >= 4 is 29.0 Å². The number of aromatic nitrogens is 2. The molecule has 0 saturated heterocycles. The third-order valence-corrected chi connectivity index (χ3v) is 4.09. The normalized spacial score (nSPS) is 11.9. The van der Waals surface area contributed by atoms with Crippen molar-refractivity contribution in [3.8, 4) is 5.75 Å². The van der Waals surface area contributed by atoms with Crippen LogP contribution in [0.2, 0.25) is 10.0 Å². The van der Waals surface area contributed by atoms with E-state index in [0.717, 1.165) is 24.6 Å². The standard InChI is InChI=1S/C13H13Cl2N3O.C7H13N/c1-2-16-13-5-12(11(15)7-18-13)19-8-10-4-3-9(14)6-17-10;1-2-5-8-6-7-3-4-7/h3-7H,2,8H2,1H3,(H,16,18);6,8H,2-5H2,1H3. The van der Waals surface area contributed by atoms with Gasteiger partial charge in [0.2, 0.25) is 0 Å². The molecule has 2 aromatic rings. The first-order chi connectivity index (χ1) is 13.1. The lowest BCUT2D eigenvalue weighted by atomic mass is 10.3. The van der Waals surface area contributed by atoms with Crippen LogP contribution >= 0.6 is 23.2 Å². The Morgan fingerprint density at radius 1 is 1.15 bits per heavy atom. The van der Waals surface area contributed by atoms with Gasteiger partial charge in [0.05, 0.1) is 16.9 Å². The first-order valence-electron chi connectivity index (χ1n) is 9.16. The van der Waals surface area contributed by atoms with E-state index in [-0.39, 0.29) is 0 Å². The third-order valence-electron chi connectivity index (χ3n) is 3.58. The first kappa shape index (κ1) is 21.3. The molecule has 1 aliphatic carbocycles. The van der Waals surface area contributed by atoms with E-state index in [1.165, 1.54) is 19.3 Å². The predicted octanol–water partition coefficient (Wildman–Crippen LogP) is 5.46. The van der Waals surface area contributed by atoms with Crippen LogP contribution in [-0.2, 0) is 6.61 Å². The van der Waals surface area contributed by atoms with E-state index in [2.05, 4.69) is 33.7 Å². The average Bonchev–Trinajstić information content (AvgIpc) is 3.49. The molecule has 0 unspecified atom stereocenters. The van der Waals surface area contributed by atoms with Crippen LogP contribution in [0.1, 0.15) is 38.8 Å². The van der Waals surface area contributed by atoms with Gasteiger partial charge >= 0.3 is 0 Å². The molecule has 0 radical (unpaired) electrons. The summed E-state index contributed by atoms with van der Waals surface area (Å²) < 4.78 is 5.63. The quantitative estimate of drug-likeness (QED) is 0.567. The lowest BCUT2D eigenvalue weighted by Crippen LogP contribution is -2.04. The maximum absolute atomic E-state index is 6.03. The van der Waals surface area contributed by atoms with Crippen LogP contribution in [0.25, 0.3) is 0 Å². The lowest BCUT2D eigenvalue weighted by Gasteiger charge is -2.09. The molecule has 2 aromatic heterocycles. The molecular formula is C20H26Cl2N4O. The molecule has 0 spiro atoms. The number of halogens is 2. The molecule has 146 valence electrons. The number of anilines is 1. The highest BCUT2D eigenvalue weighted by Gasteiger charge is 2.08. The molecule has 7 heteroatoms. The smallest absolute Gasteiger partial charge is 0.143 e. The molecule has 2 N–H and O–H groups in total. The predicted molar refractivity (Wildman–Crippen MR) is 113 cm³/mol. The second-order valence-corrected chi connectivity index (χ2v) is 6.89.